The van der Waals surface area contributed by atoms with Gasteiger partial charge in [-0.1, -0.05) is 0 Å². The predicted molar refractivity (Wildman–Crippen MR) is 51.7 cm³/mol. The maximum atomic E-state index is 12.5. The van der Waals surface area contributed by atoms with Gasteiger partial charge in [-0.05, 0) is 12.8 Å². The van der Waals surface area contributed by atoms with Crippen molar-refractivity contribution >= 4 is 12.0 Å². The number of likely N-dealkylation sites (tertiary alicyclic amines) is 1. The van der Waals surface area contributed by atoms with Gasteiger partial charge < -0.3 is 15.3 Å². The number of halogens is 4. The molecule has 0 unspecified atom stereocenters. The summed E-state index contributed by atoms with van der Waals surface area (Å²) < 4.78 is 48.8. The van der Waals surface area contributed by atoms with Gasteiger partial charge in [0.2, 0.25) is 0 Å². The Morgan fingerprint density at radius 3 is 2.56 bits per heavy atom. The molecule has 1 atom stereocenters. The van der Waals surface area contributed by atoms with Gasteiger partial charge in [0, 0.05) is 6.54 Å². The summed E-state index contributed by atoms with van der Waals surface area (Å²) in [5.74, 6) is -5.57. The molecule has 1 rings (SSSR count). The number of aliphatic carboxylic acids is 1. The Morgan fingerprint density at radius 2 is 2.06 bits per heavy atom. The van der Waals surface area contributed by atoms with E-state index in [0.717, 1.165) is 4.90 Å². The maximum Gasteiger partial charge on any atom is 0.326 e. The molecule has 18 heavy (non-hydrogen) atoms. The number of carbonyl (C=O) groups is 2. The Morgan fingerprint density at radius 1 is 1.44 bits per heavy atom. The number of carboxylic acid groups (broad SMARTS) is 1. The fourth-order valence-corrected chi connectivity index (χ4v) is 1.64. The molecule has 104 valence electrons. The number of amides is 2. The summed E-state index contributed by atoms with van der Waals surface area (Å²) in [6.07, 6.45) is -3.24. The first kappa shape index (κ1) is 14.5. The van der Waals surface area contributed by atoms with Crippen molar-refractivity contribution in [1.29, 1.82) is 0 Å². The number of nitrogens with one attached hydrogen (secondary N) is 1. The average molecular weight is 272 g/mol. The lowest BCUT2D eigenvalue weighted by Gasteiger charge is -2.23. The van der Waals surface area contributed by atoms with Crippen LogP contribution in [0.5, 0.6) is 0 Å². The number of hydrogen-bond acceptors (Lipinski definition) is 2. The van der Waals surface area contributed by atoms with Crippen molar-refractivity contribution in [2.45, 2.75) is 31.2 Å². The van der Waals surface area contributed by atoms with Crippen molar-refractivity contribution in [3.8, 4) is 0 Å². The largest absolute Gasteiger partial charge is 0.480 e. The fourth-order valence-electron chi connectivity index (χ4n) is 1.64. The molecule has 1 aliphatic heterocycles. The van der Waals surface area contributed by atoms with Crippen molar-refractivity contribution in [2.75, 3.05) is 13.1 Å². The first-order valence-corrected chi connectivity index (χ1v) is 5.19. The summed E-state index contributed by atoms with van der Waals surface area (Å²) in [6.45, 7) is -1.42. The van der Waals surface area contributed by atoms with Gasteiger partial charge in [0.25, 0.3) is 0 Å². The van der Waals surface area contributed by atoms with Crippen LogP contribution < -0.4 is 5.32 Å². The Balaban J connectivity index is 2.53. The Bertz CT molecular complexity index is 338. The highest BCUT2D eigenvalue weighted by Gasteiger charge is 2.42. The maximum absolute atomic E-state index is 12.5. The normalized spacial score (nSPS) is 20.3. The molecular weight excluding hydrogens is 260 g/mol. The zero-order valence-electron chi connectivity index (χ0n) is 9.21. The first-order valence-electron chi connectivity index (χ1n) is 5.19. The number of carbonyl (C=O) groups excluding carboxylic acids is 1. The van der Waals surface area contributed by atoms with E-state index in [0.29, 0.717) is 6.42 Å². The number of rotatable bonds is 4. The van der Waals surface area contributed by atoms with E-state index in [1.807, 2.05) is 0 Å². The Hall–Kier alpha value is -1.54. The third-order valence-corrected chi connectivity index (χ3v) is 2.59. The van der Waals surface area contributed by atoms with E-state index < -0.39 is 36.9 Å². The summed E-state index contributed by atoms with van der Waals surface area (Å²) in [4.78, 5) is 23.0. The predicted octanol–water partition coefficient (Wildman–Crippen LogP) is 1.15. The van der Waals surface area contributed by atoms with Gasteiger partial charge in [0.15, 0.2) is 0 Å². The lowest BCUT2D eigenvalue weighted by Crippen LogP contribution is -2.50. The van der Waals surface area contributed by atoms with Gasteiger partial charge in [-0.25, -0.2) is 18.4 Å². The third-order valence-electron chi connectivity index (χ3n) is 2.59. The van der Waals surface area contributed by atoms with Gasteiger partial charge in [-0.15, -0.1) is 0 Å². The smallest absolute Gasteiger partial charge is 0.326 e. The van der Waals surface area contributed by atoms with E-state index in [1.54, 1.807) is 5.32 Å². The molecule has 0 saturated carbocycles. The van der Waals surface area contributed by atoms with Gasteiger partial charge in [-0.2, -0.15) is 8.78 Å². The van der Waals surface area contributed by atoms with Crippen LogP contribution in [0.2, 0.25) is 0 Å². The van der Waals surface area contributed by atoms with Crippen LogP contribution >= 0.6 is 0 Å². The molecule has 5 nitrogen and oxygen atoms in total. The molecule has 1 fully saturated rings. The number of urea groups is 1. The topological polar surface area (TPSA) is 69.6 Å². The Labute approximate surface area is 99.7 Å². The third kappa shape index (κ3) is 3.23. The highest BCUT2D eigenvalue weighted by molar-refractivity contribution is 5.83. The van der Waals surface area contributed by atoms with Crippen molar-refractivity contribution < 1.29 is 32.3 Å². The molecular formula is C9H12F4N2O3. The quantitative estimate of drug-likeness (QED) is 0.754. The second-order valence-electron chi connectivity index (χ2n) is 3.91. The van der Waals surface area contributed by atoms with Crippen LogP contribution in [0, 0.1) is 0 Å². The van der Waals surface area contributed by atoms with Crippen LogP contribution in [0.3, 0.4) is 0 Å². The van der Waals surface area contributed by atoms with Crippen LogP contribution in [0.15, 0.2) is 0 Å². The second kappa shape index (κ2) is 5.40. The standard InChI is InChI=1S/C9H12F4N2O3/c10-7(11)9(12,13)4-14-8(18)15-3-1-2-5(15)6(16)17/h5,7H,1-4H2,(H,14,18)(H,16,17)/t5-/m1/s1. The summed E-state index contributed by atoms with van der Waals surface area (Å²) in [5, 5.41) is 10.4. The summed E-state index contributed by atoms with van der Waals surface area (Å²) in [6, 6.07) is -2.16. The summed E-state index contributed by atoms with van der Waals surface area (Å²) in [5.41, 5.74) is 0. The van der Waals surface area contributed by atoms with Gasteiger partial charge in [0.1, 0.15) is 6.04 Å². The van der Waals surface area contributed by atoms with Gasteiger partial charge in [-0.3, -0.25) is 0 Å². The number of carboxylic acids is 1. The monoisotopic (exact) mass is 272 g/mol. The zero-order chi connectivity index (χ0) is 13.9. The molecule has 0 aromatic heterocycles. The molecule has 1 saturated heterocycles. The SMILES string of the molecule is O=C(O)[C@H]1CCCN1C(=O)NCC(F)(F)C(F)F. The van der Waals surface area contributed by atoms with Crippen LogP contribution in [0.4, 0.5) is 22.4 Å². The van der Waals surface area contributed by atoms with Crippen LogP contribution in [0.1, 0.15) is 12.8 Å². The van der Waals surface area contributed by atoms with E-state index in [-0.39, 0.29) is 13.0 Å². The van der Waals surface area contributed by atoms with E-state index in [1.165, 1.54) is 0 Å². The minimum atomic E-state index is -4.33. The fraction of sp³-hybridized carbons (Fsp3) is 0.778. The highest BCUT2D eigenvalue weighted by Crippen LogP contribution is 2.22. The van der Waals surface area contributed by atoms with E-state index >= 15 is 0 Å². The second-order valence-corrected chi connectivity index (χ2v) is 3.91. The number of nitrogens with zero attached hydrogens (tertiary/aromatic N) is 1. The van der Waals surface area contributed by atoms with Crippen molar-refractivity contribution in [2.24, 2.45) is 0 Å². The van der Waals surface area contributed by atoms with Gasteiger partial charge >= 0.3 is 24.3 Å². The van der Waals surface area contributed by atoms with Crippen molar-refractivity contribution in [3.63, 3.8) is 0 Å². The lowest BCUT2D eigenvalue weighted by molar-refractivity contribution is -0.141. The molecule has 2 N–H and O–H groups in total. The first-order chi connectivity index (χ1) is 8.25. The molecule has 9 heteroatoms. The molecule has 2 amide bonds. The van der Waals surface area contributed by atoms with Crippen LogP contribution in [0.25, 0.3) is 0 Å². The van der Waals surface area contributed by atoms with E-state index in [4.69, 9.17) is 5.11 Å². The van der Waals surface area contributed by atoms with Crippen molar-refractivity contribution in [3.05, 3.63) is 0 Å². The van der Waals surface area contributed by atoms with Gasteiger partial charge in [0.05, 0.1) is 6.54 Å². The molecule has 1 heterocycles. The molecule has 0 radical (unpaired) electrons. The molecule has 0 aromatic rings. The van der Waals surface area contributed by atoms with E-state index in [2.05, 4.69) is 0 Å². The molecule has 0 aliphatic carbocycles. The van der Waals surface area contributed by atoms with Crippen molar-refractivity contribution in [1.82, 2.24) is 10.2 Å². The number of hydrogen-bond donors (Lipinski definition) is 2. The summed E-state index contributed by atoms with van der Waals surface area (Å²) in [7, 11) is 0. The minimum Gasteiger partial charge on any atom is -0.480 e. The molecule has 0 bridgehead atoms. The lowest BCUT2D eigenvalue weighted by atomic mass is 10.2. The minimum absolute atomic E-state index is 0.100. The summed E-state index contributed by atoms with van der Waals surface area (Å²) >= 11 is 0. The zero-order valence-corrected chi connectivity index (χ0v) is 9.21. The Kier molecular flexibility index (Phi) is 4.36. The number of alkyl halides is 4. The molecule has 0 spiro atoms. The molecule has 1 aliphatic rings. The van der Waals surface area contributed by atoms with E-state index in [9.17, 15) is 27.2 Å². The average Bonchev–Trinajstić information content (AvgIpc) is 2.74. The van der Waals surface area contributed by atoms with Crippen LogP contribution in [-0.4, -0.2) is 53.5 Å². The highest BCUT2D eigenvalue weighted by atomic mass is 19.3. The molecule has 0 aromatic carbocycles. The van der Waals surface area contributed by atoms with Crippen LogP contribution in [-0.2, 0) is 4.79 Å².